The van der Waals surface area contributed by atoms with Gasteiger partial charge in [0, 0.05) is 11.8 Å². The second-order valence-electron chi connectivity index (χ2n) is 7.31. The highest BCUT2D eigenvalue weighted by Gasteiger charge is 2.61. The number of H-pyrrole nitrogens is 1. The Balaban J connectivity index is 2.38. The summed E-state index contributed by atoms with van der Waals surface area (Å²) >= 11 is 0. The minimum atomic E-state index is -5.78. The lowest BCUT2D eigenvalue weighted by molar-refractivity contribution is -0.115. The van der Waals surface area contributed by atoms with Gasteiger partial charge in [-0.1, -0.05) is 5.92 Å². The largest absolute Gasteiger partial charge is 0.490 e. The van der Waals surface area contributed by atoms with Crippen LogP contribution in [0, 0.1) is 18.8 Å². The van der Waals surface area contributed by atoms with E-state index in [9.17, 15) is 38.2 Å². The lowest BCUT2D eigenvalue weighted by atomic mass is 9.85. The molecule has 0 saturated carbocycles. The molecule has 0 bridgehead atoms. The molecule has 1 aromatic heterocycles. The Hall–Kier alpha value is -1.47. The Labute approximate surface area is 190 Å². The number of aryl methyl sites for hydroxylation is 1. The molecule has 1 aliphatic heterocycles. The number of ether oxygens (including phenoxy) is 1. The number of rotatable bonds is 8. The first-order valence-corrected chi connectivity index (χ1v) is 13.5. The van der Waals surface area contributed by atoms with Crippen LogP contribution < -0.4 is 17.0 Å². The minimum Gasteiger partial charge on any atom is -0.387 e. The van der Waals surface area contributed by atoms with Crippen LogP contribution in [0.5, 0.6) is 0 Å². The van der Waals surface area contributed by atoms with Gasteiger partial charge in [-0.15, -0.1) is 5.92 Å². The van der Waals surface area contributed by atoms with Gasteiger partial charge < -0.3 is 35.2 Å². The van der Waals surface area contributed by atoms with Crippen molar-refractivity contribution in [1.29, 1.82) is 0 Å². The average molecular weight is 549 g/mol. The summed E-state index contributed by atoms with van der Waals surface area (Å²) in [7, 11) is -16.9. The molecule has 20 heteroatoms. The lowest BCUT2D eigenvalue weighted by Crippen LogP contribution is -2.57. The van der Waals surface area contributed by atoms with Crippen LogP contribution in [0.2, 0.25) is 0 Å². The summed E-state index contributed by atoms with van der Waals surface area (Å²) < 4.78 is 52.6. The Bertz CT molecular complexity index is 1280. The van der Waals surface area contributed by atoms with Crippen LogP contribution in [0.1, 0.15) is 25.8 Å². The van der Waals surface area contributed by atoms with Crippen LogP contribution >= 0.6 is 23.5 Å². The third-order valence-electron chi connectivity index (χ3n) is 4.50. The van der Waals surface area contributed by atoms with E-state index in [2.05, 4.69) is 25.0 Å². The Morgan fingerprint density at radius 1 is 1.21 bits per heavy atom. The molecule has 2 rings (SSSR count). The number of aromatic amines is 1. The van der Waals surface area contributed by atoms with E-state index in [1.165, 1.54) is 13.8 Å². The summed E-state index contributed by atoms with van der Waals surface area (Å²) in [5, 5.41) is 10.9. The molecule has 1 saturated heterocycles. The van der Waals surface area contributed by atoms with Crippen LogP contribution in [0.3, 0.4) is 0 Å². The third kappa shape index (κ3) is 6.39. The van der Waals surface area contributed by atoms with Gasteiger partial charge >= 0.3 is 29.2 Å². The van der Waals surface area contributed by atoms with E-state index in [0.717, 1.165) is 17.6 Å². The molecule has 34 heavy (non-hydrogen) atoms. The van der Waals surface area contributed by atoms with Crippen molar-refractivity contribution in [2.45, 2.75) is 44.2 Å². The molecular weight excluding hydrogens is 527 g/mol. The predicted octanol–water partition coefficient (Wildman–Crippen LogP) is -1.44. The SMILES string of the molecule is CC#CC1(N)C(O)C(C)(COP(=O)(O)OP(=O)(O)OP(=O)(O)O)O[C@H]1n1c(C)cc(=O)[nH]c1=O. The molecule has 6 atom stereocenters. The van der Waals surface area contributed by atoms with E-state index < -0.39 is 64.8 Å². The van der Waals surface area contributed by atoms with Gasteiger partial charge in [0.05, 0.1) is 6.61 Å². The number of aliphatic hydroxyl groups is 1. The number of phosphoric acid groups is 3. The van der Waals surface area contributed by atoms with Gasteiger partial charge in [0.25, 0.3) is 5.56 Å². The average Bonchev–Trinajstić information content (AvgIpc) is 2.79. The smallest absolute Gasteiger partial charge is 0.387 e. The summed E-state index contributed by atoms with van der Waals surface area (Å²) in [5.41, 5.74) is 0.567. The summed E-state index contributed by atoms with van der Waals surface area (Å²) in [6.45, 7) is 2.79. The van der Waals surface area contributed by atoms with E-state index in [-0.39, 0.29) is 5.69 Å². The highest BCUT2D eigenvalue weighted by atomic mass is 31.3. The second kappa shape index (κ2) is 9.53. The van der Waals surface area contributed by atoms with Crippen LogP contribution in [0.4, 0.5) is 0 Å². The molecule has 0 aromatic carbocycles. The molecule has 0 spiro atoms. The minimum absolute atomic E-state index is 0.0656. The molecule has 0 amide bonds. The molecule has 1 aliphatic rings. The van der Waals surface area contributed by atoms with Crippen molar-refractivity contribution in [3.8, 4) is 11.8 Å². The molecule has 0 aliphatic carbocycles. The highest BCUT2D eigenvalue weighted by Crippen LogP contribution is 2.66. The molecular formula is C14H22N3O14P3. The van der Waals surface area contributed by atoms with Crippen molar-refractivity contribution in [3.63, 3.8) is 0 Å². The van der Waals surface area contributed by atoms with Gasteiger partial charge in [-0.3, -0.25) is 18.9 Å². The molecule has 1 aromatic rings. The fraction of sp³-hybridized carbons (Fsp3) is 0.571. The topological polar surface area (TPSA) is 270 Å². The number of hydrogen-bond acceptors (Lipinski definition) is 11. The van der Waals surface area contributed by atoms with Crippen molar-refractivity contribution < 1.29 is 56.3 Å². The van der Waals surface area contributed by atoms with Crippen molar-refractivity contribution in [3.05, 3.63) is 32.6 Å². The van der Waals surface area contributed by atoms with Crippen LogP contribution in [-0.4, -0.2) is 58.1 Å². The van der Waals surface area contributed by atoms with Crippen LogP contribution in [0.25, 0.3) is 0 Å². The Morgan fingerprint density at radius 3 is 2.29 bits per heavy atom. The maximum atomic E-state index is 12.4. The summed E-state index contributed by atoms with van der Waals surface area (Å²) in [4.78, 5) is 62.0. The molecule has 192 valence electrons. The zero-order valence-electron chi connectivity index (χ0n) is 17.7. The fourth-order valence-electron chi connectivity index (χ4n) is 3.21. The van der Waals surface area contributed by atoms with Gasteiger partial charge in [0.15, 0.2) is 11.8 Å². The number of nitrogens with one attached hydrogen (secondary N) is 1. The maximum absolute atomic E-state index is 12.4. The van der Waals surface area contributed by atoms with E-state index in [1.54, 1.807) is 0 Å². The van der Waals surface area contributed by atoms with Crippen molar-refractivity contribution in [1.82, 2.24) is 9.55 Å². The Kier molecular flexibility index (Phi) is 8.06. The first kappa shape index (κ1) is 28.8. The molecule has 2 heterocycles. The summed E-state index contributed by atoms with van der Waals surface area (Å²) in [5.74, 6) is 4.96. The Morgan fingerprint density at radius 2 is 1.79 bits per heavy atom. The van der Waals surface area contributed by atoms with Gasteiger partial charge in [0.1, 0.15) is 11.7 Å². The maximum Gasteiger partial charge on any atom is 0.490 e. The predicted molar refractivity (Wildman–Crippen MR) is 111 cm³/mol. The molecule has 0 radical (unpaired) electrons. The van der Waals surface area contributed by atoms with E-state index in [0.29, 0.717) is 0 Å². The van der Waals surface area contributed by atoms with Crippen molar-refractivity contribution in [2.75, 3.05) is 6.61 Å². The monoisotopic (exact) mass is 549 g/mol. The van der Waals surface area contributed by atoms with E-state index >= 15 is 0 Å². The van der Waals surface area contributed by atoms with Gasteiger partial charge in [-0.05, 0) is 20.8 Å². The second-order valence-corrected chi connectivity index (χ2v) is 11.7. The fourth-order valence-corrected chi connectivity index (χ4v) is 6.32. The number of aliphatic hydroxyl groups excluding tert-OH is 1. The lowest BCUT2D eigenvalue weighted by Gasteiger charge is -2.30. The number of aromatic nitrogens is 2. The summed E-state index contributed by atoms with van der Waals surface area (Å²) in [6, 6.07) is 1.04. The van der Waals surface area contributed by atoms with Crippen LogP contribution in [0.15, 0.2) is 15.7 Å². The standard InChI is InChI=1S/C14H22N3O14P3/c1-4-5-14(15)10(19)13(3,29-11(14)17-8(2)6-9(18)16-12(17)20)7-28-33(24,25)31-34(26,27)30-32(21,22)23/h6,10-11,19H,7,15H2,1-3H3,(H,24,25)(H,26,27)(H,16,18,20)(H2,21,22,23)/t10?,11-,13?,14?/m1/s1. The van der Waals surface area contributed by atoms with Gasteiger partial charge in [-0.25, -0.2) is 18.5 Å². The van der Waals surface area contributed by atoms with E-state index in [4.69, 9.17) is 20.3 Å². The molecule has 1 fully saturated rings. The number of nitrogens with two attached hydrogens (primary N) is 1. The number of hydrogen-bond donors (Lipinski definition) is 7. The van der Waals surface area contributed by atoms with Gasteiger partial charge in [0.2, 0.25) is 0 Å². The number of nitrogens with zero attached hydrogens (tertiary/aromatic N) is 1. The van der Waals surface area contributed by atoms with Crippen LogP contribution in [-0.2, 0) is 31.6 Å². The van der Waals surface area contributed by atoms with Crippen molar-refractivity contribution in [2.24, 2.45) is 5.73 Å². The molecule has 5 unspecified atom stereocenters. The van der Waals surface area contributed by atoms with Gasteiger partial charge in [-0.2, -0.15) is 8.62 Å². The molecule has 8 N–H and O–H groups in total. The first-order chi connectivity index (χ1) is 15.3. The van der Waals surface area contributed by atoms with E-state index in [1.807, 2.05) is 4.98 Å². The zero-order valence-corrected chi connectivity index (χ0v) is 20.4. The zero-order chi connectivity index (χ0) is 26.3. The van der Waals surface area contributed by atoms with Crippen molar-refractivity contribution >= 4 is 23.5 Å². The third-order valence-corrected chi connectivity index (χ3v) is 8.28. The summed E-state index contributed by atoms with van der Waals surface area (Å²) in [6.07, 6.45) is -3.39. The number of phosphoric ester groups is 1. The highest BCUT2D eigenvalue weighted by molar-refractivity contribution is 7.66. The first-order valence-electron chi connectivity index (χ1n) is 8.95. The normalized spacial score (nSPS) is 30.7. The molecule has 17 nitrogen and oxygen atoms in total. The quantitative estimate of drug-likeness (QED) is 0.144.